The summed E-state index contributed by atoms with van der Waals surface area (Å²) in [7, 11) is 0. The van der Waals surface area contributed by atoms with Crippen LogP contribution in [0.4, 0.5) is 0 Å². The number of guanidine groups is 2. The number of aliphatic hydroxyl groups is 1. The van der Waals surface area contributed by atoms with E-state index in [1.54, 1.807) is 0 Å². The maximum absolute atomic E-state index is 9.12. The minimum Gasteiger partial charge on any atom is -0.395 e. The lowest BCUT2D eigenvalue weighted by Gasteiger charge is -2.00. The summed E-state index contributed by atoms with van der Waals surface area (Å²) in [5, 5.41) is 10.3. The van der Waals surface area contributed by atoms with Crippen LogP contribution in [0.3, 0.4) is 0 Å². The Labute approximate surface area is 122 Å². The molecule has 0 amide bonds. The van der Waals surface area contributed by atoms with Gasteiger partial charge in [-0.3, -0.25) is 4.99 Å². The third kappa shape index (κ3) is 3.73. The Morgan fingerprint density at radius 2 is 1.95 bits per heavy atom. The van der Waals surface area contributed by atoms with Crippen LogP contribution in [-0.4, -0.2) is 34.7 Å². The fraction of sp³-hybridized carbons (Fsp3) is 0.286. The summed E-state index contributed by atoms with van der Waals surface area (Å²) >= 11 is 0. The topological polar surface area (TPSA) is 128 Å². The van der Waals surface area contributed by atoms with Crippen molar-refractivity contribution in [2.75, 3.05) is 13.2 Å². The molecule has 0 unspecified atom stereocenters. The molecule has 0 radical (unpaired) electrons. The van der Waals surface area contributed by atoms with Gasteiger partial charge in [-0.2, -0.15) is 4.99 Å². The van der Waals surface area contributed by atoms with Crippen LogP contribution in [0.2, 0.25) is 0 Å². The molecule has 1 aromatic heterocycles. The summed E-state index contributed by atoms with van der Waals surface area (Å²) in [5.74, 6) is -0.0232. The highest BCUT2D eigenvalue weighted by Crippen LogP contribution is 2.21. The zero-order valence-electron chi connectivity index (χ0n) is 11.7. The van der Waals surface area contributed by atoms with E-state index in [-0.39, 0.29) is 18.5 Å². The van der Waals surface area contributed by atoms with Crippen molar-refractivity contribution in [3.63, 3.8) is 0 Å². The van der Waals surface area contributed by atoms with Crippen LogP contribution < -0.4 is 17.2 Å². The van der Waals surface area contributed by atoms with Gasteiger partial charge in [0.05, 0.1) is 6.61 Å². The largest absolute Gasteiger partial charge is 0.395 e. The van der Waals surface area contributed by atoms with Gasteiger partial charge >= 0.3 is 0 Å². The molecule has 2 aromatic rings. The van der Waals surface area contributed by atoms with E-state index in [1.807, 2.05) is 29.0 Å². The highest BCUT2D eigenvalue weighted by atomic mass is 16.3. The molecule has 7 N–H and O–H groups in total. The summed E-state index contributed by atoms with van der Waals surface area (Å²) in [5.41, 5.74) is 18.3. The molecule has 7 nitrogen and oxygen atoms in total. The number of nitrogens with zero attached hydrogens (tertiary/aromatic N) is 3. The minimum absolute atomic E-state index is 0.0779. The number of aromatic nitrogens is 1. The van der Waals surface area contributed by atoms with Gasteiger partial charge in [-0.05, 0) is 18.1 Å². The fourth-order valence-corrected chi connectivity index (χ4v) is 2.27. The van der Waals surface area contributed by atoms with Crippen molar-refractivity contribution < 1.29 is 5.11 Å². The number of hydrogen-bond donors (Lipinski definition) is 4. The van der Waals surface area contributed by atoms with Crippen LogP contribution in [0.5, 0.6) is 0 Å². The van der Waals surface area contributed by atoms with Gasteiger partial charge in [-0.1, -0.05) is 18.2 Å². The number of benzene rings is 1. The van der Waals surface area contributed by atoms with Gasteiger partial charge in [0.2, 0.25) is 5.96 Å². The summed E-state index contributed by atoms with van der Waals surface area (Å²) < 4.78 is 2.04. The van der Waals surface area contributed by atoms with Crippen molar-refractivity contribution in [2.24, 2.45) is 27.2 Å². The molecule has 2 rings (SSSR count). The van der Waals surface area contributed by atoms with Crippen LogP contribution in [-0.2, 0) is 13.0 Å². The van der Waals surface area contributed by atoms with Gasteiger partial charge in [-0.25, -0.2) is 0 Å². The first kappa shape index (κ1) is 14.9. The van der Waals surface area contributed by atoms with Crippen LogP contribution in [0.25, 0.3) is 10.9 Å². The smallest absolute Gasteiger partial charge is 0.218 e. The Balaban J connectivity index is 2.17. The first-order chi connectivity index (χ1) is 10.1. The van der Waals surface area contributed by atoms with Crippen molar-refractivity contribution in [2.45, 2.75) is 13.0 Å². The molecule has 21 heavy (non-hydrogen) atoms. The maximum Gasteiger partial charge on any atom is 0.218 e. The van der Waals surface area contributed by atoms with Crippen LogP contribution in [0, 0.1) is 0 Å². The lowest BCUT2D eigenvalue weighted by molar-refractivity contribution is 0.278. The number of para-hydroxylation sites is 1. The third-order valence-electron chi connectivity index (χ3n) is 3.11. The molecular weight excluding hydrogens is 268 g/mol. The van der Waals surface area contributed by atoms with E-state index in [1.165, 1.54) is 0 Å². The molecule has 0 aliphatic rings. The second-order valence-corrected chi connectivity index (χ2v) is 4.62. The Morgan fingerprint density at radius 3 is 2.67 bits per heavy atom. The van der Waals surface area contributed by atoms with Crippen LogP contribution in [0.1, 0.15) is 5.56 Å². The highest BCUT2D eigenvalue weighted by Gasteiger charge is 2.07. The molecule has 7 heteroatoms. The average molecular weight is 288 g/mol. The maximum atomic E-state index is 9.12. The summed E-state index contributed by atoms with van der Waals surface area (Å²) in [4.78, 5) is 7.78. The number of fused-ring (bicyclic) bond motifs is 1. The second kappa shape index (κ2) is 6.76. The summed E-state index contributed by atoms with van der Waals surface area (Å²) in [6.07, 6.45) is 2.76. The van der Waals surface area contributed by atoms with Gasteiger partial charge in [-0.15, -0.1) is 0 Å². The zero-order valence-corrected chi connectivity index (χ0v) is 11.7. The predicted octanol–water partition coefficient (Wildman–Crippen LogP) is -0.236. The number of rotatable bonds is 5. The molecule has 112 valence electrons. The van der Waals surface area contributed by atoms with E-state index in [2.05, 4.69) is 16.1 Å². The molecule has 0 bridgehead atoms. The van der Waals surface area contributed by atoms with Crippen LogP contribution >= 0.6 is 0 Å². The molecule has 0 fully saturated rings. The van der Waals surface area contributed by atoms with E-state index in [4.69, 9.17) is 22.3 Å². The summed E-state index contributed by atoms with van der Waals surface area (Å²) in [6, 6.07) is 8.06. The van der Waals surface area contributed by atoms with Gasteiger partial charge < -0.3 is 26.9 Å². The Kier molecular flexibility index (Phi) is 4.78. The molecule has 0 aliphatic heterocycles. The quantitative estimate of drug-likeness (QED) is 0.447. The zero-order chi connectivity index (χ0) is 15.2. The number of nitrogens with two attached hydrogens (primary N) is 3. The molecule has 1 heterocycles. The first-order valence-corrected chi connectivity index (χ1v) is 6.69. The Bertz CT molecular complexity index is 669. The predicted molar refractivity (Wildman–Crippen MR) is 85.0 cm³/mol. The average Bonchev–Trinajstić information content (AvgIpc) is 2.77. The number of aliphatic imine (C=N–C) groups is 2. The van der Waals surface area contributed by atoms with Crippen LogP contribution in [0.15, 0.2) is 40.4 Å². The Hall–Kier alpha value is -2.54. The van der Waals surface area contributed by atoms with Crippen molar-refractivity contribution in [3.8, 4) is 0 Å². The molecule has 0 atom stereocenters. The van der Waals surface area contributed by atoms with E-state index in [9.17, 15) is 0 Å². The van der Waals surface area contributed by atoms with Crippen molar-refractivity contribution >= 4 is 22.8 Å². The summed E-state index contributed by atoms with van der Waals surface area (Å²) in [6.45, 7) is 1.17. The van der Waals surface area contributed by atoms with E-state index >= 15 is 0 Å². The van der Waals surface area contributed by atoms with E-state index < -0.39 is 0 Å². The standard InChI is InChI=1S/C14H20N6O/c15-13(16)19-14(17)18-6-5-10-9-20(7-8-21)12-4-2-1-3-11(10)12/h1-4,9,21H,5-8H2,(H6,15,16,17,18,19). The van der Waals surface area contributed by atoms with Gasteiger partial charge in [0.15, 0.2) is 5.96 Å². The lowest BCUT2D eigenvalue weighted by atomic mass is 10.1. The number of hydrogen-bond acceptors (Lipinski definition) is 2. The molecular formula is C14H20N6O. The molecule has 0 spiro atoms. The normalized spacial score (nSPS) is 11.8. The molecule has 0 saturated heterocycles. The van der Waals surface area contributed by atoms with Gasteiger partial charge in [0, 0.05) is 30.2 Å². The third-order valence-corrected chi connectivity index (χ3v) is 3.11. The fourth-order valence-electron chi connectivity index (χ4n) is 2.27. The van der Waals surface area contributed by atoms with Crippen molar-refractivity contribution in [1.82, 2.24) is 4.57 Å². The number of aliphatic hydroxyl groups excluding tert-OH is 1. The molecule has 0 aliphatic carbocycles. The van der Waals surface area contributed by atoms with Crippen molar-refractivity contribution in [1.29, 1.82) is 0 Å². The lowest BCUT2D eigenvalue weighted by Crippen LogP contribution is -2.26. The first-order valence-electron chi connectivity index (χ1n) is 6.69. The van der Waals surface area contributed by atoms with Gasteiger partial charge in [0.25, 0.3) is 0 Å². The highest BCUT2D eigenvalue weighted by molar-refractivity contribution is 5.92. The van der Waals surface area contributed by atoms with Gasteiger partial charge in [0.1, 0.15) is 0 Å². The van der Waals surface area contributed by atoms with E-state index in [0.717, 1.165) is 22.9 Å². The monoisotopic (exact) mass is 288 g/mol. The van der Waals surface area contributed by atoms with E-state index in [0.29, 0.717) is 13.1 Å². The molecule has 1 aromatic carbocycles. The minimum atomic E-state index is -0.101. The SMILES string of the molecule is NC(N)=NC(N)=NCCc1cn(CCO)c2ccccc12. The molecule has 0 saturated carbocycles. The Morgan fingerprint density at radius 1 is 1.19 bits per heavy atom. The van der Waals surface area contributed by atoms with Crippen molar-refractivity contribution in [3.05, 3.63) is 36.0 Å². The second-order valence-electron chi connectivity index (χ2n) is 4.62.